The van der Waals surface area contributed by atoms with Crippen LogP contribution >= 0.6 is 0 Å². The van der Waals surface area contributed by atoms with Crippen LogP contribution in [0.25, 0.3) is 10.9 Å². The van der Waals surface area contributed by atoms with Crippen molar-refractivity contribution >= 4 is 22.5 Å². The quantitative estimate of drug-likeness (QED) is 0.799. The van der Waals surface area contributed by atoms with Crippen molar-refractivity contribution in [2.75, 3.05) is 12.4 Å². The van der Waals surface area contributed by atoms with Gasteiger partial charge in [-0.3, -0.25) is 4.79 Å². The van der Waals surface area contributed by atoms with Crippen LogP contribution in [0.1, 0.15) is 16.1 Å². The number of methoxy groups -OCH3 is 1. The third-order valence-corrected chi connectivity index (χ3v) is 3.90. The average molecular weight is 294 g/mol. The molecule has 1 N–H and O–H groups in total. The van der Waals surface area contributed by atoms with Gasteiger partial charge in [-0.05, 0) is 30.7 Å². The van der Waals surface area contributed by atoms with Gasteiger partial charge in [0.25, 0.3) is 5.91 Å². The number of benzene rings is 2. The van der Waals surface area contributed by atoms with Gasteiger partial charge >= 0.3 is 0 Å². The highest BCUT2D eigenvalue weighted by atomic mass is 16.5. The lowest BCUT2D eigenvalue weighted by Gasteiger charge is -2.09. The van der Waals surface area contributed by atoms with E-state index in [1.807, 2.05) is 61.0 Å². The molecule has 3 rings (SSSR count). The second-order valence-electron chi connectivity index (χ2n) is 5.24. The van der Waals surface area contributed by atoms with Gasteiger partial charge in [0.15, 0.2) is 0 Å². The molecule has 4 heteroatoms. The number of hydrogen-bond acceptors (Lipinski definition) is 2. The smallest absolute Gasteiger partial charge is 0.272 e. The molecule has 0 aliphatic heterocycles. The molecule has 0 atom stereocenters. The zero-order chi connectivity index (χ0) is 15.7. The van der Waals surface area contributed by atoms with Crippen molar-refractivity contribution in [1.82, 2.24) is 4.57 Å². The first-order chi connectivity index (χ1) is 10.6. The Hall–Kier alpha value is -2.75. The van der Waals surface area contributed by atoms with E-state index in [1.54, 1.807) is 13.2 Å². The summed E-state index contributed by atoms with van der Waals surface area (Å²) in [6, 6.07) is 15.4. The second-order valence-corrected chi connectivity index (χ2v) is 5.24. The van der Waals surface area contributed by atoms with Crippen LogP contribution in [0.5, 0.6) is 5.75 Å². The van der Waals surface area contributed by atoms with Crippen LogP contribution in [0, 0.1) is 6.92 Å². The van der Waals surface area contributed by atoms with Crippen LogP contribution in [0.2, 0.25) is 0 Å². The number of anilines is 1. The highest BCUT2D eigenvalue weighted by Gasteiger charge is 2.18. The highest BCUT2D eigenvalue weighted by Crippen LogP contribution is 2.25. The predicted octanol–water partition coefficient (Wildman–Crippen LogP) is 3.75. The molecule has 0 radical (unpaired) electrons. The minimum Gasteiger partial charge on any atom is -0.497 e. The molecule has 0 saturated heterocycles. The second kappa shape index (κ2) is 5.56. The van der Waals surface area contributed by atoms with Crippen molar-refractivity contribution in [2.24, 2.45) is 7.05 Å². The van der Waals surface area contributed by atoms with E-state index in [4.69, 9.17) is 4.74 Å². The van der Waals surface area contributed by atoms with Crippen LogP contribution in [0.3, 0.4) is 0 Å². The topological polar surface area (TPSA) is 43.3 Å². The number of para-hydroxylation sites is 1. The third kappa shape index (κ3) is 2.33. The molecule has 1 amide bonds. The van der Waals surface area contributed by atoms with Gasteiger partial charge in [0.05, 0.1) is 7.11 Å². The van der Waals surface area contributed by atoms with Crippen molar-refractivity contribution in [3.05, 3.63) is 59.8 Å². The van der Waals surface area contributed by atoms with Crippen LogP contribution < -0.4 is 10.1 Å². The minimum absolute atomic E-state index is 0.121. The Bertz CT molecular complexity index is 810. The maximum absolute atomic E-state index is 12.7. The number of carbonyl (C=O) groups excluding carboxylic acids is 1. The molecule has 2 aromatic carbocycles. The molecule has 1 aromatic heterocycles. The van der Waals surface area contributed by atoms with Crippen LogP contribution in [0.15, 0.2) is 48.5 Å². The lowest BCUT2D eigenvalue weighted by molar-refractivity contribution is 0.101. The third-order valence-electron chi connectivity index (χ3n) is 3.90. The monoisotopic (exact) mass is 294 g/mol. The number of nitrogens with one attached hydrogen (secondary N) is 1. The van der Waals surface area contributed by atoms with Gasteiger partial charge in [-0.15, -0.1) is 0 Å². The number of amides is 1. The summed E-state index contributed by atoms with van der Waals surface area (Å²) in [5.74, 6) is 0.594. The minimum atomic E-state index is -0.121. The van der Waals surface area contributed by atoms with Gasteiger partial charge in [0, 0.05) is 29.7 Å². The maximum atomic E-state index is 12.7. The molecule has 0 saturated carbocycles. The van der Waals surface area contributed by atoms with Gasteiger partial charge in [-0.1, -0.05) is 24.3 Å². The molecule has 1 heterocycles. The average Bonchev–Trinajstić information content (AvgIpc) is 2.79. The summed E-state index contributed by atoms with van der Waals surface area (Å²) in [4.78, 5) is 12.7. The fourth-order valence-electron chi connectivity index (χ4n) is 2.80. The molecular formula is C18H18N2O2. The number of aromatic nitrogens is 1. The Kier molecular flexibility index (Phi) is 3.59. The lowest BCUT2D eigenvalue weighted by Crippen LogP contribution is -2.16. The molecule has 4 nitrogen and oxygen atoms in total. The Labute approximate surface area is 129 Å². The fraction of sp³-hybridized carbons (Fsp3) is 0.167. The van der Waals surface area contributed by atoms with Crippen molar-refractivity contribution in [2.45, 2.75) is 6.92 Å². The number of ether oxygens (including phenoxy) is 1. The zero-order valence-corrected chi connectivity index (χ0v) is 12.9. The molecule has 22 heavy (non-hydrogen) atoms. The molecule has 0 fully saturated rings. The van der Waals surface area contributed by atoms with Crippen molar-refractivity contribution in [3.63, 3.8) is 0 Å². The van der Waals surface area contributed by atoms with Crippen molar-refractivity contribution < 1.29 is 9.53 Å². The van der Waals surface area contributed by atoms with Crippen LogP contribution in [-0.4, -0.2) is 17.6 Å². The summed E-state index contributed by atoms with van der Waals surface area (Å²) in [6.45, 7) is 1.98. The highest BCUT2D eigenvalue weighted by molar-refractivity contribution is 6.08. The molecule has 0 aliphatic rings. The van der Waals surface area contributed by atoms with Crippen molar-refractivity contribution in [3.8, 4) is 5.75 Å². The molecule has 0 bridgehead atoms. The van der Waals surface area contributed by atoms with Gasteiger partial charge in [-0.25, -0.2) is 0 Å². The number of rotatable bonds is 3. The number of carbonyl (C=O) groups is 1. The summed E-state index contributed by atoms with van der Waals surface area (Å²) >= 11 is 0. The summed E-state index contributed by atoms with van der Waals surface area (Å²) < 4.78 is 7.11. The summed E-state index contributed by atoms with van der Waals surface area (Å²) in [6.07, 6.45) is 0. The van der Waals surface area contributed by atoms with E-state index in [1.165, 1.54) is 0 Å². The number of aryl methyl sites for hydroxylation is 2. The van der Waals surface area contributed by atoms with E-state index >= 15 is 0 Å². The zero-order valence-electron chi connectivity index (χ0n) is 12.9. The van der Waals surface area contributed by atoms with E-state index in [-0.39, 0.29) is 5.91 Å². The molecular weight excluding hydrogens is 276 g/mol. The summed E-state index contributed by atoms with van der Waals surface area (Å²) in [7, 11) is 3.52. The Morgan fingerprint density at radius 1 is 1.14 bits per heavy atom. The summed E-state index contributed by atoms with van der Waals surface area (Å²) in [5.41, 5.74) is 3.42. The van der Waals surface area contributed by atoms with Gasteiger partial charge < -0.3 is 14.6 Å². The van der Waals surface area contributed by atoms with Gasteiger partial charge in [-0.2, -0.15) is 0 Å². The fourth-order valence-corrected chi connectivity index (χ4v) is 2.80. The molecule has 0 unspecified atom stereocenters. The maximum Gasteiger partial charge on any atom is 0.272 e. The van der Waals surface area contributed by atoms with Crippen LogP contribution in [-0.2, 0) is 7.05 Å². The number of nitrogens with zero attached hydrogens (tertiary/aromatic N) is 1. The standard InChI is InChI=1S/C18H18N2O2/c1-12-15-9-4-5-10-16(15)20(2)17(12)18(21)19-13-7-6-8-14(11-13)22-3/h4-11H,1-3H3,(H,19,21). The first kappa shape index (κ1) is 14.2. The summed E-state index contributed by atoms with van der Waals surface area (Å²) in [5, 5.41) is 4.03. The van der Waals surface area contributed by atoms with Gasteiger partial charge in [0.2, 0.25) is 0 Å². The molecule has 0 spiro atoms. The number of hydrogen-bond donors (Lipinski definition) is 1. The van der Waals surface area contributed by atoms with Crippen molar-refractivity contribution in [1.29, 1.82) is 0 Å². The van der Waals surface area contributed by atoms with E-state index in [0.29, 0.717) is 17.1 Å². The van der Waals surface area contributed by atoms with E-state index in [2.05, 4.69) is 5.32 Å². The van der Waals surface area contributed by atoms with E-state index in [0.717, 1.165) is 16.5 Å². The molecule has 0 aliphatic carbocycles. The van der Waals surface area contributed by atoms with E-state index in [9.17, 15) is 4.79 Å². The Morgan fingerprint density at radius 3 is 2.64 bits per heavy atom. The Balaban J connectivity index is 1.98. The molecule has 112 valence electrons. The van der Waals surface area contributed by atoms with Crippen LogP contribution in [0.4, 0.5) is 5.69 Å². The molecule has 3 aromatic rings. The Morgan fingerprint density at radius 2 is 1.91 bits per heavy atom. The first-order valence-electron chi connectivity index (χ1n) is 7.11. The normalized spacial score (nSPS) is 10.7. The predicted molar refractivity (Wildman–Crippen MR) is 88.6 cm³/mol. The number of fused-ring (bicyclic) bond motifs is 1. The van der Waals surface area contributed by atoms with Gasteiger partial charge in [0.1, 0.15) is 11.4 Å². The first-order valence-corrected chi connectivity index (χ1v) is 7.11. The lowest BCUT2D eigenvalue weighted by atomic mass is 10.1. The SMILES string of the molecule is COc1cccc(NC(=O)c2c(C)c3ccccc3n2C)c1. The van der Waals surface area contributed by atoms with E-state index < -0.39 is 0 Å². The largest absolute Gasteiger partial charge is 0.497 e.